The summed E-state index contributed by atoms with van der Waals surface area (Å²) in [7, 11) is 0. The van der Waals surface area contributed by atoms with E-state index in [9.17, 15) is 4.79 Å². The molecule has 1 heterocycles. The summed E-state index contributed by atoms with van der Waals surface area (Å²) in [5.41, 5.74) is 8.69. The van der Waals surface area contributed by atoms with Crippen LogP contribution in [0.1, 0.15) is 42.2 Å². The zero-order valence-corrected chi connectivity index (χ0v) is 12.1. The number of fused-ring (bicyclic) bond motifs is 1. The molecular formula is C16H21N3O. The summed E-state index contributed by atoms with van der Waals surface area (Å²) in [6, 6.07) is 7.36. The fraction of sp³-hybridized carbons (Fsp3) is 0.375. The first kappa shape index (κ1) is 14.3. The molecule has 0 fully saturated rings. The van der Waals surface area contributed by atoms with Crippen LogP contribution < -0.4 is 11.1 Å². The van der Waals surface area contributed by atoms with Crippen LogP contribution in [-0.2, 0) is 0 Å². The van der Waals surface area contributed by atoms with Crippen molar-refractivity contribution in [2.45, 2.75) is 33.1 Å². The average Bonchev–Trinajstić information content (AvgIpc) is 2.43. The van der Waals surface area contributed by atoms with Gasteiger partial charge in [0, 0.05) is 17.6 Å². The number of pyridine rings is 1. The number of carbonyl (C=O) groups is 1. The Kier molecular flexibility index (Phi) is 4.56. The highest BCUT2D eigenvalue weighted by molar-refractivity contribution is 6.08. The number of nitrogens with one attached hydrogen (secondary N) is 1. The zero-order chi connectivity index (χ0) is 14.5. The molecule has 1 aromatic carbocycles. The van der Waals surface area contributed by atoms with Crippen LogP contribution >= 0.6 is 0 Å². The number of aryl methyl sites for hydroxylation is 1. The number of anilines is 1. The predicted molar refractivity (Wildman–Crippen MR) is 82.8 cm³/mol. The van der Waals surface area contributed by atoms with Gasteiger partial charge in [0.2, 0.25) is 0 Å². The van der Waals surface area contributed by atoms with Gasteiger partial charge in [0.25, 0.3) is 5.91 Å². The molecule has 0 aliphatic heterocycles. The summed E-state index contributed by atoms with van der Waals surface area (Å²) in [4.78, 5) is 16.7. The van der Waals surface area contributed by atoms with Crippen LogP contribution in [0.3, 0.4) is 0 Å². The summed E-state index contributed by atoms with van der Waals surface area (Å²) >= 11 is 0. The van der Waals surface area contributed by atoms with Gasteiger partial charge in [0.15, 0.2) is 0 Å². The number of hydrogen-bond donors (Lipinski definition) is 2. The van der Waals surface area contributed by atoms with E-state index in [1.807, 2.05) is 25.1 Å². The molecule has 0 unspecified atom stereocenters. The third-order valence-corrected chi connectivity index (χ3v) is 3.31. The van der Waals surface area contributed by atoms with E-state index in [4.69, 9.17) is 5.73 Å². The number of unbranched alkanes of at least 4 members (excludes halogenated alkanes) is 2. The number of nitrogen functional groups attached to an aromatic ring is 1. The van der Waals surface area contributed by atoms with Crippen molar-refractivity contribution in [1.82, 2.24) is 10.3 Å². The first-order valence-corrected chi connectivity index (χ1v) is 7.07. The van der Waals surface area contributed by atoms with Crippen molar-refractivity contribution in [2.75, 3.05) is 12.3 Å². The lowest BCUT2D eigenvalue weighted by atomic mass is 10.1. The highest BCUT2D eigenvalue weighted by atomic mass is 16.1. The molecule has 3 N–H and O–H groups in total. The topological polar surface area (TPSA) is 68.0 Å². The van der Waals surface area contributed by atoms with Gasteiger partial charge in [-0.25, -0.2) is 0 Å². The Labute approximate surface area is 119 Å². The summed E-state index contributed by atoms with van der Waals surface area (Å²) in [5.74, 6) is -0.0535. The van der Waals surface area contributed by atoms with Crippen LogP contribution in [0.15, 0.2) is 24.3 Å². The number of para-hydroxylation sites is 1. The number of rotatable bonds is 5. The molecule has 0 atom stereocenters. The molecule has 1 aromatic heterocycles. The molecular weight excluding hydrogens is 250 g/mol. The minimum atomic E-state index is -0.0535. The second-order valence-electron chi connectivity index (χ2n) is 5.02. The number of amides is 1. The molecule has 2 aromatic rings. The quantitative estimate of drug-likeness (QED) is 0.648. The summed E-state index contributed by atoms with van der Waals surface area (Å²) in [6.07, 6.45) is 3.28. The highest BCUT2D eigenvalue weighted by Crippen LogP contribution is 2.23. The van der Waals surface area contributed by atoms with Crippen LogP contribution in [0.25, 0.3) is 10.9 Å². The minimum absolute atomic E-state index is 0.0535. The van der Waals surface area contributed by atoms with Crippen molar-refractivity contribution < 1.29 is 4.79 Å². The minimum Gasteiger partial charge on any atom is -0.397 e. The van der Waals surface area contributed by atoms with Crippen LogP contribution in [0, 0.1) is 6.92 Å². The van der Waals surface area contributed by atoms with E-state index in [0.29, 0.717) is 23.3 Å². The molecule has 2 rings (SSSR count). The van der Waals surface area contributed by atoms with E-state index < -0.39 is 0 Å². The Bertz CT molecular complexity index is 622. The first-order valence-electron chi connectivity index (χ1n) is 7.07. The highest BCUT2D eigenvalue weighted by Gasteiger charge is 2.12. The van der Waals surface area contributed by atoms with Crippen molar-refractivity contribution in [1.29, 1.82) is 0 Å². The molecule has 1 amide bonds. The van der Waals surface area contributed by atoms with Gasteiger partial charge in [-0.3, -0.25) is 9.78 Å². The average molecular weight is 271 g/mol. The third kappa shape index (κ3) is 3.07. The number of benzene rings is 1. The summed E-state index contributed by atoms with van der Waals surface area (Å²) in [6.45, 7) is 4.72. The zero-order valence-electron chi connectivity index (χ0n) is 12.1. The molecule has 106 valence electrons. The van der Waals surface area contributed by atoms with E-state index >= 15 is 0 Å². The van der Waals surface area contributed by atoms with Crippen molar-refractivity contribution in [3.8, 4) is 0 Å². The van der Waals surface area contributed by atoms with E-state index in [1.165, 1.54) is 0 Å². The van der Waals surface area contributed by atoms with Crippen LogP contribution in [0.4, 0.5) is 5.69 Å². The van der Waals surface area contributed by atoms with Gasteiger partial charge in [-0.15, -0.1) is 0 Å². The second-order valence-corrected chi connectivity index (χ2v) is 5.02. The Balaban J connectivity index is 2.29. The lowest BCUT2D eigenvalue weighted by Crippen LogP contribution is -2.25. The maximum absolute atomic E-state index is 12.3. The number of hydrogen-bond acceptors (Lipinski definition) is 3. The third-order valence-electron chi connectivity index (χ3n) is 3.31. The molecule has 4 nitrogen and oxygen atoms in total. The van der Waals surface area contributed by atoms with Crippen molar-refractivity contribution in [3.63, 3.8) is 0 Å². The molecule has 0 saturated carbocycles. The van der Waals surface area contributed by atoms with Gasteiger partial charge in [-0.05, 0) is 25.5 Å². The fourth-order valence-corrected chi connectivity index (χ4v) is 2.26. The Morgan fingerprint density at radius 3 is 2.90 bits per heavy atom. The molecule has 0 spiro atoms. The van der Waals surface area contributed by atoms with Gasteiger partial charge >= 0.3 is 0 Å². The van der Waals surface area contributed by atoms with Crippen LogP contribution in [0.5, 0.6) is 0 Å². The Morgan fingerprint density at radius 1 is 1.35 bits per heavy atom. The Morgan fingerprint density at radius 2 is 2.15 bits per heavy atom. The predicted octanol–water partition coefficient (Wildman–Crippen LogP) is 3.05. The smallest absolute Gasteiger partial charge is 0.252 e. The maximum Gasteiger partial charge on any atom is 0.252 e. The Hall–Kier alpha value is -2.10. The van der Waals surface area contributed by atoms with Crippen molar-refractivity contribution in [2.24, 2.45) is 0 Å². The van der Waals surface area contributed by atoms with Crippen molar-refractivity contribution >= 4 is 22.5 Å². The normalized spacial score (nSPS) is 10.7. The standard InChI is InChI=1S/C16H21N3O/c1-3-4-5-9-18-16(20)13-10-11(2)19-15-12(13)7-6-8-14(15)17/h6-8,10H,3-5,9,17H2,1-2H3,(H,18,20). The summed E-state index contributed by atoms with van der Waals surface area (Å²) in [5, 5.41) is 3.77. The van der Waals surface area contributed by atoms with Crippen LogP contribution in [-0.4, -0.2) is 17.4 Å². The van der Waals surface area contributed by atoms with E-state index in [2.05, 4.69) is 17.2 Å². The van der Waals surface area contributed by atoms with Gasteiger partial charge in [-0.2, -0.15) is 0 Å². The molecule has 0 radical (unpaired) electrons. The second kappa shape index (κ2) is 6.37. The van der Waals surface area contributed by atoms with E-state index in [1.54, 1.807) is 6.07 Å². The van der Waals surface area contributed by atoms with E-state index in [-0.39, 0.29) is 5.91 Å². The molecule has 4 heteroatoms. The number of nitrogens with zero attached hydrogens (tertiary/aromatic N) is 1. The molecule has 0 aliphatic rings. The van der Waals surface area contributed by atoms with E-state index in [0.717, 1.165) is 30.3 Å². The fourth-order valence-electron chi connectivity index (χ4n) is 2.26. The molecule has 20 heavy (non-hydrogen) atoms. The van der Waals surface area contributed by atoms with Gasteiger partial charge < -0.3 is 11.1 Å². The van der Waals surface area contributed by atoms with Crippen molar-refractivity contribution in [3.05, 3.63) is 35.5 Å². The number of carbonyl (C=O) groups excluding carboxylic acids is 1. The molecule has 0 aliphatic carbocycles. The largest absolute Gasteiger partial charge is 0.397 e. The lowest BCUT2D eigenvalue weighted by Gasteiger charge is -2.10. The number of nitrogens with two attached hydrogens (primary N) is 1. The maximum atomic E-state index is 12.3. The number of aromatic nitrogens is 1. The van der Waals surface area contributed by atoms with Gasteiger partial charge in [-0.1, -0.05) is 31.9 Å². The summed E-state index contributed by atoms with van der Waals surface area (Å²) < 4.78 is 0. The van der Waals surface area contributed by atoms with Gasteiger partial charge in [0.05, 0.1) is 16.8 Å². The SMILES string of the molecule is CCCCCNC(=O)c1cc(C)nc2c(N)cccc12. The first-order chi connectivity index (χ1) is 9.63. The monoisotopic (exact) mass is 271 g/mol. The van der Waals surface area contributed by atoms with Crippen LogP contribution in [0.2, 0.25) is 0 Å². The molecule has 0 bridgehead atoms. The van der Waals surface area contributed by atoms with Gasteiger partial charge in [0.1, 0.15) is 0 Å². The molecule has 0 saturated heterocycles. The lowest BCUT2D eigenvalue weighted by molar-refractivity contribution is 0.0954.